The molecule has 1 fully saturated rings. The smallest absolute Gasteiger partial charge is 0.412 e. The van der Waals surface area contributed by atoms with E-state index in [1.165, 1.54) is 82.2 Å². The third kappa shape index (κ3) is 13.9. The van der Waals surface area contributed by atoms with Gasteiger partial charge >= 0.3 is 6.09 Å². The summed E-state index contributed by atoms with van der Waals surface area (Å²) in [4.78, 5) is 118. The lowest BCUT2D eigenvalue weighted by Gasteiger charge is -2.23. The highest BCUT2D eigenvalue weighted by Gasteiger charge is 2.33. The van der Waals surface area contributed by atoms with Gasteiger partial charge in [0.25, 0.3) is 11.8 Å². The van der Waals surface area contributed by atoms with Crippen LogP contribution < -0.4 is 31.9 Å². The first kappa shape index (κ1) is 59.0. The number of ether oxygens (including phenoxy) is 2. The molecular formula is C55H57N13O9S6. The number of pyridine rings is 1. The summed E-state index contributed by atoms with van der Waals surface area (Å²) in [6.07, 6.45) is -0.240. The van der Waals surface area contributed by atoms with Gasteiger partial charge in [0.05, 0.1) is 47.8 Å². The Morgan fingerprint density at radius 3 is 2.24 bits per heavy atom. The van der Waals surface area contributed by atoms with Gasteiger partial charge in [-0.2, -0.15) is 0 Å². The molecule has 0 unspecified atom stereocenters. The molecule has 5 amide bonds. The number of ketones is 1. The van der Waals surface area contributed by atoms with Crippen LogP contribution in [-0.2, 0) is 25.7 Å². The molecule has 22 nitrogen and oxygen atoms in total. The number of nitrogens with one attached hydrogen (secondary N) is 6. The molecule has 0 radical (unpaired) electrons. The van der Waals surface area contributed by atoms with E-state index in [1.807, 2.05) is 31.4 Å². The van der Waals surface area contributed by atoms with Crippen molar-refractivity contribution >= 4 is 109 Å². The molecule has 0 aliphatic carbocycles. The number of methoxy groups -OCH3 is 1. The number of fused-ring (bicyclic) bond motifs is 14. The number of thiazole rings is 6. The Morgan fingerprint density at radius 2 is 1.47 bits per heavy atom. The van der Waals surface area contributed by atoms with E-state index in [1.54, 1.807) is 53.4 Å². The van der Waals surface area contributed by atoms with Crippen molar-refractivity contribution in [1.29, 1.82) is 0 Å². The van der Waals surface area contributed by atoms with Crippen molar-refractivity contribution < 1.29 is 43.3 Å². The van der Waals surface area contributed by atoms with Crippen LogP contribution >= 0.6 is 68.0 Å². The molecule has 7 aromatic heterocycles. The van der Waals surface area contributed by atoms with Crippen molar-refractivity contribution in [3.05, 3.63) is 111 Å². The Balaban J connectivity index is 1.02. The van der Waals surface area contributed by atoms with Crippen LogP contribution in [0.25, 0.3) is 43.4 Å². The summed E-state index contributed by atoms with van der Waals surface area (Å²) in [5, 5.41) is 38.6. The van der Waals surface area contributed by atoms with E-state index in [0.717, 1.165) is 25.9 Å². The number of carbonyl (C=O) groups is 6. The van der Waals surface area contributed by atoms with Crippen molar-refractivity contribution in [1.82, 2.24) is 61.5 Å². The zero-order valence-electron chi connectivity index (χ0n) is 45.5. The molecule has 2 aliphatic rings. The average molecular weight is 1240 g/mol. The second kappa shape index (κ2) is 26.6. The fourth-order valence-corrected chi connectivity index (χ4v) is 14.8. The number of aromatic nitrogens is 7. The van der Waals surface area contributed by atoms with Gasteiger partial charge in [0, 0.05) is 58.5 Å². The Morgan fingerprint density at radius 1 is 0.747 bits per heavy atom. The number of carbonyl (C=O) groups excluding carboxylic acids is 6. The zero-order chi connectivity index (χ0) is 58.3. The lowest BCUT2D eigenvalue weighted by Crippen LogP contribution is -2.40. The highest BCUT2D eigenvalue weighted by molar-refractivity contribution is 7.15. The SMILES string of the molecule is CNC(=O)C[C@@H]1NC(=O)c2csc(n2)-c2ccc(-c3nc(NC(=O)OCC4CCNCC4)cs3)nc2-c2csc(n2)-c2csc(n2)[C@H]([C@@H](O)c2ccccc2)NC(=O)CNC(=O)c2nc(sc2COC)[C@H](C(C)C)CC(=O)c2nc1sc2C. The number of amides is 5. The molecule has 10 bridgehead atoms. The Labute approximate surface area is 500 Å². The molecule has 2 aliphatic heterocycles. The Hall–Kier alpha value is -7.15. The highest BCUT2D eigenvalue weighted by Crippen LogP contribution is 2.41. The molecule has 432 valence electrons. The third-order valence-corrected chi connectivity index (χ3v) is 19.5. The summed E-state index contributed by atoms with van der Waals surface area (Å²) in [6, 6.07) is 10.4. The summed E-state index contributed by atoms with van der Waals surface area (Å²) in [5.74, 6) is -2.54. The Bertz CT molecular complexity index is 3660. The van der Waals surface area contributed by atoms with Gasteiger partial charge in [-0.3, -0.25) is 29.3 Å². The molecular weight excluding hydrogens is 1180 g/mol. The van der Waals surface area contributed by atoms with E-state index in [2.05, 4.69) is 36.9 Å². The number of hydrogen-bond acceptors (Lipinski definition) is 23. The summed E-state index contributed by atoms with van der Waals surface area (Å²) < 4.78 is 11.0. The van der Waals surface area contributed by atoms with Gasteiger partial charge in [0.15, 0.2) is 5.78 Å². The first-order valence-corrected chi connectivity index (χ1v) is 31.6. The van der Waals surface area contributed by atoms with E-state index >= 15 is 0 Å². The lowest BCUT2D eigenvalue weighted by molar-refractivity contribution is -0.122. The van der Waals surface area contributed by atoms with Gasteiger partial charge < -0.3 is 41.2 Å². The maximum absolute atomic E-state index is 14.4. The first-order chi connectivity index (χ1) is 40.1. The molecule has 1 aromatic carbocycles. The minimum Gasteiger partial charge on any atom is -0.449 e. The monoisotopic (exact) mass is 1240 g/mol. The quantitative estimate of drug-likeness (QED) is 0.0636. The minimum absolute atomic E-state index is 0.0277. The first-order valence-electron chi connectivity index (χ1n) is 26.4. The second-order valence-electron chi connectivity index (χ2n) is 19.9. The molecule has 1 saturated heterocycles. The standard InChI is InChI=1S/C55H57N13O9S6/c1-26(2)31-17-37(69)42-27(3)82-53(67-42)33(18-40(70)56-4)60-47(73)35-23-78-49(62-35)30-11-12-32(51-64-39(25-81-51)65-55(75)77-20-28-13-15-57-16-14-28)59-43(30)34-22-79-52(61-34)36-24-80-54(63-36)45(46(72)29-9-7-6-8-10-29)66-41(71)19-58-48(74)44-38(21-76-5)83-50(31)68-44/h6-12,22-26,28,31,33,45-46,57,72H,13-21H2,1-5H3,(H,56,70)(H,58,74)(H,60,73)(H,65,75)(H,66,71)/t31-,33-,45-,46-/m0/s1. The molecule has 7 N–H and O–H groups in total. The summed E-state index contributed by atoms with van der Waals surface area (Å²) >= 11 is 7.38. The molecule has 8 aromatic rings. The van der Waals surface area contributed by atoms with Gasteiger partial charge in [0.1, 0.15) is 77.2 Å². The van der Waals surface area contributed by atoms with Crippen molar-refractivity contribution in [2.75, 3.05) is 45.7 Å². The van der Waals surface area contributed by atoms with Crippen molar-refractivity contribution in [3.8, 4) is 43.4 Å². The molecule has 28 heteroatoms. The van der Waals surface area contributed by atoms with Crippen LogP contribution in [0.3, 0.4) is 0 Å². The van der Waals surface area contributed by atoms with Gasteiger partial charge in [-0.05, 0) is 62.4 Å². The molecule has 0 saturated carbocycles. The minimum atomic E-state index is -1.26. The predicted octanol–water partition coefficient (Wildman–Crippen LogP) is 8.75. The number of benzene rings is 1. The van der Waals surface area contributed by atoms with Crippen LogP contribution in [0, 0.1) is 18.8 Å². The van der Waals surface area contributed by atoms with Crippen molar-refractivity contribution in [3.63, 3.8) is 0 Å². The zero-order valence-corrected chi connectivity index (χ0v) is 50.4. The second-order valence-corrected chi connectivity index (χ2v) is 25.7. The van der Waals surface area contributed by atoms with Crippen molar-refractivity contribution in [2.45, 2.75) is 77.2 Å². The summed E-state index contributed by atoms with van der Waals surface area (Å²) in [7, 11) is 2.98. The number of Topliss-reactive ketones (excluding diaryl/α,β-unsaturated/α-hetero) is 1. The number of anilines is 1. The maximum Gasteiger partial charge on any atom is 0.412 e. The van der Waals surface area contributed by atoms with Gasteiger partial charge in [0.2, 0.25) is 11.8 Å². The number of nitrogens with zero attached hydrogens (tertiary/aromatic N) is 7. The van der Waals surface area contributed by atoms with E-state index in [4.69, 9.17) is 39.4 Å². The van der Waals surface area contributed by atoms with E-state index in [0.29, 0.717) is 86.1 Å². The van der Waals surface area contributed by atoms with Crippen LogP contribution in [-0.4, -0.2) is 116 Å². The maximum atomic E-state index is 14.4. The summed E-state index contributed by atoms with van der Waals surface area (Å²) in [5.41, 5.74) is 3.04. The van der Waals surface area contributed by atoms with Gasteiger partial charge in [-0.25, -0.2) is 39.7 Å². The number of aliphatic hydroxyl groups excluding tert-OH is 1. The number of hydrogen-bond donors (Lipinski definition) is 7. The fourth-order valence-electron chi connectivity index (χ4n) is 9.28. The number of rotatable bonds is 11. The van der Waals surface area contributed by atoms with Crippen LogP contribution in [0.15, 0.2) is 64.0 Å². The average Bonchev–Trinajstić information content (AvgIpc) is 4.50. The Kier molecular flexibility index (Phi) is 18.9. The third-order valence-electron chi connectivity index (χ3n) is 13.7. The number of aliphatic hydroxyl groups is 1. The molecule has 0 spiro atoms. The van der Waals surface area contributed by atoms with E-state index < -0.39 is 54.5 Å². The normalized spacial score (nSPS) is 17.7. The number of piperidine rings is 1. The lowest BCUT2D eigenvalue weighted by atomic mass is 9.90. The van der Waals surface area contributed by atoms with Crippen LogP contribution in [0.1, 0.15) is 125 Å². The number of aryl methyl sites for hydroxylation is 1. The van der Waals surface area contributed by atoms with Crippen LogP contribution in [0.4, 0.5) is 10.6 Å². The fraction of sp³-hybridized carbons (Fsp3) is 0.364. The van der Waals surface area contributed by atoms with E-state index in [9.17, 15) is 33.9 Å². The van der Waals surface area contributed by atoms with Crippen LogP contribution in [0.5, 0.6) is 0 Å². The molecule has 83 heavy (non-hydrogen) atoms. The van der Waals surface area contributed by atoms with Crippen molar-refractivity contribution in [2.24, 2.45) is 11.8 Å². The topological polar surface area (TPSA) is 304 Å². The predicted molar refractivity (Wildman–Crippen MR) is 319 cm³/mol. The molecule has 9 heterocycles. The van der Waals surface area contributed by atoms with E-state index in [-0.39, 0.29) is 60.1 Å². The molecule has 10 rings (SSSR count). The van der Waals surface area contributed by atoms with Crippen LogP contribution in [0.2, 0.25) is 0 Å². The molecule has 4 atom stereocenters. The van der Waals surface area contributed by atoms with Gasteiger partial charge in [-0.1, -0.05) is 44.2 Å². The largest absolute Gasteiger partial charge is 0.449 e. The summed E-state index contributed by atoms with van der Waals surface area (Å²) in [6.45, 7) is 7.27. The van der Waals surface area contributed by atoms with Gasteiger partial charge in [-0.15, -0.1) is 68.0 Å². The highest BCUT2D eigenvalue weighted by atomic mass is 32.1.